The van der Waals surface area contributed by atoms with Crippen LogP contribution in [0.4, 0.5) is 0 Å². The zero-order chi connectivity index (χ0) is 32.6. The van der Waals surface area contributed by atoms with Gasteiger partial charge in [-0.15, -0.1) is 0 Å². The van der Waals surface area contributed by atoms with Crippen LogP contribution in [-0.2, 0) is 27.2 Å². The lowest BCUT2D eigenvalue weighted by atomic mass is 9.95. The Morgan fingerprint density at radius 1 is 1.18 bits per heavy atom. The lowest BCUT2D eigenvalue weighted by Crippen LogP contribution is -2.55. The number of aliphatic hydroxyl groups is 1. The summed E-state index contributed by atoms with van der Waals surface area (Å²) < 4.78 is 6.41. The van der Waals surface area contributed by atoms with Crippen LogP contribution < -0.4 is 20.7 Å². The molecule has 244 valence electrons. The van der Waals surface area contributed by atoms with Gasteiger partial charge in [-0.2, -0.15) is 0 Å². The van der Waals surface area contributed by atoms with E-state index in [0.717, 1.165) is 48.4 Å². The summed E-state index contributed by atoms with van der Waals surface area (Å²) in [6.45, 7) is 9.00. The molecule has 2 aromatic carbocycles. The highest BCUT2D eigenvalue weighted by Gasteiger charge is 2.33. The largest absolute Gasteiger partial charge is 0.489 e. The van der Waals surface area contributed by atoms with Crippen LogP contribution in [0.15, 0.2) is 42.5 Å². The van der Waals surface area contributed by atoms with Gasteiger partial charge in [0.2, 0.25) is 11.8 Å². The predicted octanol–water partition coefficient (Wildman–Crippen LogP) is 3.71. The van der Waals surface area contributed by atoms with E-state index < -0.39 is 18.2 Å². The lowest BCUT2D eigenvalue weighted by molar-refractivity contribution is -0.140. The second-order valence-electron chi connectivity index (χ2n) is 11.6. The molecule has 0 fully saturated rings. The van der Waals surface area contributed by atoms with Crippen molar-refractivity contribution >= 4 is 29.7 Å². The molecule has 5 unspecified atom stereocenters. The van der Waals surface area contributed by atoms with Crippen molar-refractivity contribution in [1.29, 1.82) is 0 Å². The number of aliphatic hydroxyl groups excluding tert-OH is 1. The molecule has 1 aliphatic rings. The predicted molar refractivity (Wildman–Crippen MR) is 176 cm³/mol. The van der Waals surface area contributed by atoms with E-state index in [4.69, 9.17) is 16.3 Å². The fourth-order valence-corrected chi connectivity index (χ4v) is 5.18. The minimum Gasteiger partial charge on any atom is -0.489 e. The summed E-state index contributed by atoms with van der Waals surface area (Å²) in [4.78, 5) is 37.7. The smallest absolute Gasteiger partial charge is 0.240 e. The average molecular weight is 631 g/mol. The van der Waals surface area contributed by atoms with Crippen molar-refractivity contribution in [3.05, 3.63) is 64.2 Å². The quantitative estimate of drug-likeness (QED) is 0.175. The van der Waals surface area contributed by atoms with Gasteiger partial charge in [0.1, 0.15) is 24.2 Å². The molecule has 1 heterocycles. The van der Waals surface area contributed by atoms with Crippen molar-refractivity contribution in [2.75, 3.05) is 33.7 Å². The van der Waals surface area contributed by atoms with Crippen molar-refractivity contribution in [3.63, 3.8) is 0 Å². The fourth-order valence-electron chi connectivity index (χ4n) is 5.05. The summed E-state index contributed by atoms with van der Waals surface area (Å²) >= 11 is 5.61. The fraction of sp³-hybridized carbons (Fsp3) is 0.559. The maximum absolute atomic E-state index is 13.2. The van der Waals surface area contributed by atoms with E-state index in [1.54, 1.807) is 14.1 Å². The lowest BCUT2D eigenvalue weighted by Gasteiger charge is -2.34. The van der Waals surface area contributed by atoms with Crippen molar-refractivity contribution in [2.24, 2.45) is 5.92 Å². The monoisotopic (exact) mass is 630 g/mol. The van der Waals surface area contributed by atoms with E-state index in [0.29, 0.717) is 25.9 Å². The molecule has 5 atom stereocenters. The summed E-state index contributed by atoms with van der Waals surface area (Å²) in [7, 11) is 3.31. The van der Waals surface area contributed by atoms with Crippen LogP contribution in [0.1, 0.15) is 56.7 Å². The topological polar surface area (TPSA) is 120 Å². The number of aldehydes is 1. The molecule has 0 saturated carbocycles. The van der Waals surface area contributed by atoms with E-state index in [9.17, 15) is 19.5 Å². The number of benzene rings is 2. The van der Waals surface area contributed by atoms with E-state index in [-0.39, 0.29) is 23.8 Å². The summed E-state index contributed by atoms with van der Waals surface area (Å²) in [5, 5.41) is 19.8. The Hall–Kier alpha value is -2.98. The minimum absolute atomic E-state index is 0.0149. The third-order valence-electron chi connectivity index (χ3n) is 7.96. The summed E-state index contributed by atoms with van der Waals surface area (Å²) in [6.07, 6.45) is 3.73. The highest BCUT2D eigenvalue weighted by molar-refractivity contribution is 6.30. The summed E-state index contributed by atoms with van der Waals surface area (Å²) in [5.41, 5.74) is 3.55. The highest BCUT2D eigenvalue weighted by Crippen LogP contribution is 2.32. The van der Waals surface area contributed by atoms with Crippen LogP contribution >= 0.6 is 11.6 Å². The average Bonchev–Trinajstić information content (AvgIpc) is 3.01. The number of halogens is 1. The molecule has 0 saturated heterocycles. The van der Waals surface area contributed by atoms with Crippen molar-refractivity contribution in [2.45, 2.75) is 84.1 Å². The highest BCUT2D eigenvalue weighted by atomic mass is 35.5. The number of likely N-dealkylation sites (N-methyl/N-ethyl adjacent to an activating group) is 2. The molecule has 0 bridgehead atoms. The van der Waals surface area contributed by atoms with E-state index in [1.807, 2.05) is 45.0 Å². The van der Waals surface area contributed by atoms with Gasteiger partial charge in [0.25, 0.3) is 0 Å². The second-order valence-corrected chi connectivity index (χ2v) is 12.0. The van der Waals surface area contributed by atoms with Gasteiger partial charge in [0.05, 0.1) is 18.7 Å². The van der Waals surface area contributed by atoms with Crippen LogP contribution in [0.2, 0.25) is 5.02 Å². The number of para-hydroxylation sites is 1. The molecule has 9 nitrogen and oxygen atoms in total. The number of carbonyl (C=O) groups is 3. The zero-order valence-corrected chi connectivity index (χ0v) is 27.8. The molecule has 0 aliphatic carbocycles. The summed E-state index contributed by atoms with van der Waals surface area (Å²) in [5.74, 6) is 0.736. The molecular weight excluding hydrogens is 580 g/mol. The molecule has 4 N–H and O–H groups in total. The molecule has 2 aromatic rings. The molecule has 0 radical (unpaired) electrons. The van der Waals surface area contributed by atoms with Crippen molar-refractivity contribution in [1.82, 2.24) is 20.9 Å². The molecule has 0 aromatic heterocycles. The van der Waals surface area contributed by atoms with Gasteiger partial charge in [-0.1, -0.05) is 67.8 Å². The Bertz CT molecular complexity index is 1160. The Morgan fingerprint density at radius 3 is 2.48 bits per heavy atom. The normalized spacial score (nSPS) is 16.6. The van der Waals surface area contributed by atoms with Gasteiger partial charge < -0.3 is 35.5 Å². The number of amides is 2. The van der Waals surface area contributed by atoms with Crippen LogP contribution in [0.5, 0.6) is 5.75 Å². The molecule has 0 spiro atoms. The van der Waals surface area contributed by atoms with Gasteiger partial charge in [0.15, 0.2) is 0 Å². The maximum atomic E-state index is 13.2. The first kappa shape index (κ1) is 37.2. The van der Waals surface area contributed by atoms with Crippen LogP contribution in [0.25, 0.3) is 0 Å². The van der Waals surface area contributed by atoms with E-state index in [1.165, 1.54) is 23.0 Å². The molecule has 44 heavy (non-hydrogen) atoms. The van der Waals surface area contributed by atoms with Crippen LogP contribution in [0, 0.1) is 12.8 Å². The number of nitrogens with one attached hydrogen (secondary N) is 3. The van der Waals surface area contributed by atoms with Crippen LogP contribution in [0.3, 0.4) is 0 Å². The number of hydrogen-bond donors (Lipinski definition) is 4. The first-order chi connectivity index (χ1) is 21.0. The third-order valence-corrected chi connectivity index (χ3v) is 8.22. The Kier molecular flexibility index (Phi) is 16.4. The Balaban J connectivity index is 0.000000727. The van der Waals surface area contributed by atoms with E-state index in [2.05, 4.69) is 34.1 Å². The standard InChI is InChI=1S/C27H44N4O5.C7H7Cl/c1-6-18(2)25(27(35)31(5)23(17-32)19(3)33)30-15-22-13-12-21-10-7-9-20(26(21)36-22)11-8-14-29-24(34)16-28-4;1-6-2-4-7(8)5-3-6/h7,9-10,17-19,22-23,25,28,30,33H,6,8,11-16H2,1-5H3,(H,29,34);2-5H,1H3. The number of fused-ring (bicyclic) bond motifs is 1. The number of nitrogens with zero attached hydrogens (tertiary/aromatic N) is 1. The number of hydrogen-bond acceptors (Lipinski definition) is 7. The number of ether oxygens (including phenoxy) is 1. The van der Waals surface area contributed by atoms with Gasteiger partial charge in [-0.3, -0.25) is 9.59 Å². The van der Waals surface area contributed by atoms with Gasteiger partial charge in [-0.05, 0) is 75.8 Å². The number of rotatable bonds is 15. The Labute approximate surface area is 268 Å². The first-order valence-electron chi connectivity index (χ1n) is 15.6. The second kappa shape index (κ2) is 19.4. The molecule has 10 heteroatoms. The molecule has 2 amide bonds. The Morgan fingerprint density at radius 2 is 1.89 bits per heavy atom. The van der Waals surface area contributed by atoms with Gasteiger partial charge >= 0.3 is 0 Å². The number of carbonyl (C=O) groups excluding carboxylic acids is 3. The SMILES string of the molecule is CCC(C)C(NCC1CCc2cccc(CCCNC(=O)CNC)c2O1)C(=O)N(C)C(C=O)C(C)O.Cc1ccc(Cl)cc1. The minimum atomic E-state index is -0.942. The number of aryl methyl sites for hydroxylation is 3. The van der Waals surface area contributed by atoms with E-state index >= 15 is 0 Å². The first-order valence-corrected chi connectivity index (χ1v) is 15.9. The van der Waals surface area contributed by atoms with Crippen molar-refractivity contribution in [3.8, 4) is 5.75 Å². The molecular formula is C34H51ClN4O5. The summed E-state index contributed by atoms with van der Waals surface area (Å²) in [6, 6.07) is 12.6. The van der Waals surface area contributed by atoms with Crippen LogP contribution in [-0.4, -0.2) is 86.1 Å². The third kappa shape index (κ3) is 11.8. The van der Waals surface area contributed by atoms with Crippen molar-refractivity contribution < 1.29 is 24.2 Å². The zero-order valence-electron chi connectivity index (χ0n) is 27.1. The van der Waals surface area contributed by atoms with Gasteiger partial charge in [-0.25, -0.2) is 0 Å². The van der Waals surface area contributed by atoms with Gasteiger partial charge in [0, 0.05) is 25.2 Å². The molecule has 3 rings (SSSR count). The maximum Gasteiger partial charge on any atom is 0.240 e. The molecule has 1 aliphatic heterocycles.